The van der Waals surface area contributed by atoms with E-state index in [-0.39, 0.29) is 11.8 Å². The van der Waals surface area contributed by atoms with Crippen molar-refractivity contribution >= 4 is 35.2 Å². The van der Waals surface area contributed by atoms with Gasteiger partial charge in [-0.3, -0.25) is 9.59 Å². The van der Waals surface area contributed by atoms with Gasteiger partial charge in [0.2, 0.25) is 5.91 Å². The smallest absolute Gasteiger partial charge is 0.330 e. The fourth-order valence-corrected chi connectivity index (χ4v) is 6.57. The molecule has 2 amide bonds. The van der Waals surface area contributed by atoms with E-state index in [0.29, 0.717) is 36.6 Å². The van der Waals surface area contributed by atoms with Crippen LogP contribution in [0.2, 0.25) is 0 Å². The Labute approximate surface area is 257 Å². The zero-order valence-electron chi connectivity index (χ0n) is 25.3. The van der Waals surface area contributed by atoms with Crippen molar-refractivity contribution in [3.05, 3.63) is 83.7 Å². The van der Waals surface area contributed by atoms with E-state index in [0.717, 1.165) is 47.4 Å². The molecule has 0 bridgehead atoms. The van der Waals surface area contributed by atoms with Crippen molar-refractivity contribution in [3.63, 3.8) is 0 Å². The summed E-state index contributed by atoms with van der Waals surface area (Å²) in [5, 5.41) is 10.8. The lowest BCUT2D eigenvalue weighted by molar-refractivity contribution is -0.137. The normalized spacial score (nSPS) is 16.5. The number of carbonyl (C=O) groups is 3. The average Bonchev–Trinajstić information content (AvgIpc) is 3.58. The highest BCUT2D eigenvalue weighted by atomic mass is 16.5. The van der Waals surface area contributed by atoms with Crippen LogP contribution in [0.15, 0.2) is 66.9 Å². The number of anilines is 1. The lowest BCUT2D eigenvalue weighted by atomic mass is 9.75. The third-order valence-corrected chi connectivity index (χ3v) is 9.01. The Balaban J connectivity index is 1.24. The van der Waals surface area contributed by atoms with Crippen LogP contribution in [-0.2, 0) is 21.4 Å². The first-order valence-electron chi connectivity index (χ1n) is 15.6. The molecule has 0 unspecified atom stereocenters. The van der Waals surface area contributed by atoms with Crippen molar-refractivity contribution < 1.29 is 19.1 Å². The second-order valence-electron chi connectivity index (χ2n) is 11.8. The Kier molecular flexibility index (Phi) is 8.37. The van der Waals surface area contributed by atoms with Crippen LogP contribution in [0.1, 0.15) is 85.8 Å². The summed E-state index contributed by atoms with van der Waals surface area (Å²) in [4.78, 5) is 39.0. The molecule has 44 heavy (non-hydrogen) atoms. The molecule has 9 nitrogen and oxygen atoms in total. The van der Waals surface area contributed by atoms with Gasteiger partial charge in [0.1, 0.15) is 16.7 Å². The third-order valence-electron chi connectivity index (χ3n) is 9.01. The van der Waals surface area contributed by atoms with Crippen molar-refractivity contribution in [3.8, 4) is 11.3 Å². The van der Waals surface area contributed by atoms with E-state index in [1.54, 1.807) is 31.3 Å². The van der Waals surface area contributed by atoms with E-state index < -0.39 is 11.5 Å². The molecule has 9 heteroatoms. The zero-order chi connectivity index (χ0) is 30.7. The number of amides is 2. The van der Waals surface area contributed by atoms with Crippen molar-refractivity contribution in [2.24, 2.45) is 7.05 Å². The molecular formula is C35H39N5O4. The second-order valence-corrected chi connectivity index (χ2v) is 11.8. The Morgan fingerprint density at radius 2 is 1.73 bits per heavy atom. The van der Waals surface area contributed by atoms with Crippen LogP contribution >= 0.6 is 0 Å². The van der Waals surface area contributed by atoms with Gasteiger partial charge < -0.3 is 19.9 Å². The number of fused-ring (bicyclic) bond motifs is 1. The number of esters is 1. The standard InChI is InChI=1S/C35H39N5O4/c1-3-44-29(41)20-17-24-15-18-27(19-16-24)37-34(43)35(21-10-22-35)38-32(42)28-23-36-40-31(26-13-8-5-9-14-26)30(39(2)33(28)40)25-11-6-4-7-12-25/h4,6-7,11-12,15-20,23,26H,3,5,8-10,13-14,21-22H2,1-2H3,(H,37,43)(H,38,42)/b20-17+. The number of imidazole rings is 1. The topological polar surface area (TPSA) is 107 Å². The summed E-state index contributed by atoms with van der Waals surface area (Å²) in [6.45, 7) is 2.08. The summed E-state index contributed by atoms with van der Waals surface area (Å²) >= 11 is 0. The van der Waals surface area contributed by atoms with E-state index in [1.165, 1.54) is 25.3 Å². The number of ether oxygens (including phenoxy) is 1. The highest BCUT2D eigenvalue weighted by Gasteiger charge is 2.46. The maximum Gasteiger partial charge on any atom is 0.330 e. The van der Waals surface area contributed by atoms with Crippen molar-refractivity contribution in [1.82, 2.24) is 19.5 Å². The Hall–Kier alpha value is -4.66. The van der Waals surface area contributed by atoms with Gasteiger partial charge in [-0.25, -0.2) is 9.31 Å². The van der Waals surface area contributed by atoms with E-state index in [9.17, 15) is 14.4 Å². The third kappa shape index (κ3) is 5.66. The summed E-state index contributed by atoms with van der Waals surface area (Å²) in [6, 6.07) is 17.5. The minimum Gasteiger partial charge on any atom is -0.463 e. The summed E-state index contributed by atoms with van der Waals surface area (Å²) in [5.74, 6) is -0.575. The van der Waals surface area contributed by atoms with Crippen LogP contribution < -0.4 is 10.6 Å². The van der Waals surface area contributed by atoms with E-state index in [4.69, 9.17) is 9.84 Å². The molecule has 2 heterocycles. The second kappa shape index (κ2) is 12.5. The van der Waals surface area contributed by atoms with Gasteiger partial charge in [0.15, 0.2) is 0 Å². The molecule has 2 aromatic carbocycles. The fourth-order valence-electron chi connectivity index (χ4n) is 6.57. The quantitative estimate of drug-likeness (QED) is 0.176. The first-order valence-corrected chi connectivity index (χ1v) is 15.6. The summed E-state index contributed by atoms with van der Waals surface area (Å²) in [6.07, 6.45) is 12.5. The monoisotopic (exact) mass is 593 g/mol. The van der Waals surface area contributed by atoms with Gasteiger partial charge in [-0.05, 0) is 62.8 Å². The van der Waals surface area contributed by atoms with Crippen LogP contribution in [0, 0.1) is 0 Å². The number of hydrogen-bond acceptors (Lipinski definition) is 5. The number of carbonyl (C=O) groups excluding carboxylic acids is 3. The molecule has 2 aliphatic carbocycles. The van der Waals surface area contributed by atoms with Gasteiger partial charge in [-0.2, -0.15) is 5.10 Å². The minimum atomic E-state index is -0.993. The molecule has 2 saturated carbocycles. The lowest BCUT2D eigenvalue weighted by Crippen LogP contribution is -2.61. The average molecular weight is 594 g/mol. The first-order chi connectivity index (χ1) is 21.4. The van der Waals surface area contributed by atoms with Gasteiger partial charge in [-0.15, -0.1) is 0 Å². The summed E-state index contributed by atoms with van der Waals surface area (Å²) < 4.78 is 8.96. The summed E-state index contributed by atoms with van der Waals surface area (Å²) in [7, 11) is 2.00. The van der Waals surface area contributed by atoms with E-state index in [2.05, 4.69) is 27.3 Å². The number of rotatable bonds is 9. The number of benzene rings is 2. The molecule has 0 radical (unpaired) electrons. The van der Waals surface area contributed by atoms with Gasteiger partial charge in [0.05, 0.1) is 24.2 Å². The Morgan fingerprint density at radius 3 is 2.39 bits per heavy atom. The molecule has 228 valence electrons. The Bertz CT molecular complexity index is 1690. The van der Waals surface area contributed by atoms with Gasteiger partial charge in [0.25, 0.3) is 5.91 Å². The molecule has 2 aromatic heterocycles. The molecule has 2 aliphatic rings. The van der Waals surface area contributed by atoms with Crippen LogP contribution in [0.5, 0.6) is 0 Å². The molecule has 2 N–H and O–H groups in total. The number of aromatic nitrogens is 3. The lowest BCUT2D eigenvalue weighted by Gasteiger charge is -2.40. The Morgan fingerprint density at radius 1 is 1.00 bits per heavy atom. The van der Waals surface area contributed by atoms with Crippen molar-refractivity contribution in [2.45, 2.75) is 69.7 Å². The highest BCUT2D eigenvalue weighted by molar-refractivity contribution is 6.06. The number of aryl methyl sites for hydroxylation is 1. The van der Waals surface area contributed by atoms with Crippen LogP contribution in [-0.4, -0.2) is 44.1 Å². The van der Waals surface area contributed by atoms with Gasteiger partial charge >= 0.3 is 5.97 Å². The SMILES string of the molecule is CCOC(=O)/C=C/c1ccc(NC(=O)C2(NC(=O)c3cnn4c(C5CCCCC5)c(-c5ccccc5)n(C)c34)CCC2)cc1. The highest BCUT2D eigenvalue weighted by Crippen LogP contribution is 2.40. The maximum atomic E-state index is 13.9. The van der Waals surface area contributed by atoms with E-state index in [1.807, 2.05) is 41.9 Å². The van der Waals surface area contributed by atoms with Gasteiger partial charge in [0, 0.05) is 30.3 Å². The molecule has 0 aliphatic heterocycles. The number of nitrogens with one attached hydrogen (secondary N) is 2. The molecular weight excluding hydrogens is 554 g/mol. The molecule has 4 aromatic rings. The zero-order valence-corrected chi connectivity index (χ0v) is 25.3. The molecule has 0 saturated heterocycles. The molecule has 0 atom stereocenters. The van der Waals surface area contributed by atoms with Crippen molar-refractivity contribution in [1.29, 1.82) is 0 Å². The predicted molar refractivity (Wildman–Crippen MR) is 170 cm³/mol. The van der Waals surface area contributed by atoms with Crippen LogP contribution in [0.25, 0.3) is 23.0 Å². The minimum absolute atomic E-state index is 0.241. The first kappa shape index (κ1) is 29.4. The van der Waals surface area contributed by atoms with Crippen LogP contribution in [0.3, 0.4) is 0 Å². The van der Waals surface area contributed by atoms with Gasteiger partial charge in [-0.1, -0.05) is 61.7 Å². The largest absolute Gasteiger partial charge is 0.463 e. The number of hydrogen-bond donors (Lipinski definition) is 2. The molecule has 0 spiro atoms. The van der Waals surface area contributed by atoms with Crippen molar-refractivity contribution in [2.75, 3.05) is 11.9 Å². The predicted octanol–water partition coefficient (Wildman–Crippen LogP) is 6.26. The molecule has 6 rings (SSSR count). The maximum absolute atomic E-state index is 13.9. The fraction of sp³-hybridized carbons (Fsp3) is 0.371. The molecule has 2 fully saturated rings. The number of nitrogens with zero attached hydrogens (tertiary/aromatic N) is 3. The van der Waals surface area contributed by atoms with E-state index >= 15 is 0 Å². The summed E-state index contributed by atoms with van der Waals surface area (Å²) in [5.41, 5.74) is 4.97. The van der Waals surface area contributed by atoms with Crippen LogP contribution in [0.4, 0.5) is 5.69 Å².